The number of nitrogens with zero attached hydrogens (tertiary/aromatic N) is 2. The van der Waals surface area contributed by atoms with Crippen LogP contribution in [0.15, 0.2) is 0 Å². The molecule has 2 saturated heterocycles. The van der Waals surface area contributed by atoms with Gasteiger partial charge in [-0.2, -0.15) is 0 Å². The van der Waals surface area contributed by atoms with Gasteiger partial charge in [-0.25, -0.2) is 4.79 Å². The SMILES string of the molecule is CC1CCCN(C(=O)N2CCCC(O)C2)C1. The molecule has 4 nitrogen and oxygen atoms in total. The topological polar surface area (TPSA) is 43.8 Å². The van der Waals surface area contributed by atoms with Crippen molar-refractivity contribution in [2.24, 2.45) is 5.92 Å². The summed E-state index contributed by atoms with van der Waals surface area (Å²) in [4.78, 5) is 15.9. The highest BCUT2D eigenvalue weighted by Gasteiger charge is 2.28. The van der Waals surface area contributed by atoms with Crippen LogP contribution in [-0.4, -0.2) is 53.2 Å². The number of β-amino-alcohol motifs (C(OH)–C–C–N with tert-alkyl or cyclic N) is 1. The van der Waals surface area contributed by atoms with Crippen molar-refractivity contribution < 1.29 is 9.90 Å². The highest BCUT2D eigenvalue weighted by Crippen LogP contribution is 2.19. The van der Waals surface area contributed by atoms with Crippen molar-refractivity contribution >= 4 is 6.03 Å². The average Bonchev–Trinajstić information content (AvgIpc) is 2.28. The summed E-state index contributed by atoms with van der Waals surface area (Å²) >= 11 is 0. The molecule has 0 spiro atoms. The normalized spacial score (nSPS) is 31.6. The maximum Gasteiger partial charge on any atom is 0.320 e. The molecule has 0 aromatic carbocycles. The van der Waals surface area contributed by atoms with E-state index in [1.54, 1.807) is 0 Å². The molecule has 4 heteroatoms. The number of likely N-dealkylation sites (tertiary alicyclic amines) is 2. The average molecular weight is 226 g/mol. The molecule has 2 fully saturated rings. The highest BCUT2D eigenvalue weighted by atomic mass is 16.3. The fourth-order valence-corrected chi connectivity index (χ4v) is 2.69. The minimum absolute atomic E-state index is 0.130. The summed E-state index contributed by atoms with van der Waals surface area (Å²) in [6.07, 6.45) is 3.78. The predicted octanol–water partition coefficient (Wildman–Crippen LogP) is 1.29. The molecule has 0 saturated carbocycles. The number of hydrogen-bond acceptors (Lipinski definition) is 2. The molecule has 2 rings (SSSR count). The largest absolute Gasteiger partial charge is 0.391 e. The van der Waals surface area contributed by atoms with Crippen LogP contribution in [-0.2, 0) is 0 Å². The molecule has 0 radical (unpaired) electrons. The molecule has 2 aliphatic rings. The van der Waals surface area contributed by atoms with Crippen molar-refractivity contribution in [2.75, 3.05) is 26.2 Å². The van der Waals surface area contributed by atoms with Crippen LogP contribution in [0, 0.1) is 5.92 Å². The highest BCUT2D eigenvalue weighted by molar-refractivity contribution is 5.74. The molecular formula is C12H22N2O2. The lowest BCUT2D eigenvalue weighted by atomic mass is 10.0. The summed E-state index contributed by atoms with van der Waals surface area (Å²) in [6.45, 7) is 5.29. The first-order chi connectivity index (χ1) is 7.66. The number of piperidine rings is 2. The Morgan fingerprint density at radius 2 is 1.75 bits per heavy atom. The first-order valence-corrected chi connectivity index (χ1v) is 6.38. The molecular weight excluding hydrogens is 204 g/mol. The van der Waals surface area contributed by atoms with Gasteiger partial charge in [-0.05, 0) is 31.6 Å². The standard InChI is InChI=1S/C12H22N2O2/c1-10-4-2-6-13(8-10)12(16)14-7-3-5-11(15)9-14/h10-11,15H,2-9H2,1H3. The molecule has 92 valence electrons. The summed E-state index contributed by atoms with van der Waals surface area (Å²) in [6, 6.07) is 0.130. The Balaban J connectivity index is 1.90. The Bertz CT molecular complexity index is 233. The van der Waals surface area contributed by atoms with E-state index in [9.17, 15) is 9.90 Å². The number of rotatable bonds is 0. The van der Waals surface area contributed by atoms with Crippen LogP contribution < -0.4 is 0 Å². The van der Waals surface area contributed by atoms with Gasteiger partial charge in [0.1, 0.15) is 0 Å². The molecule has 1 N–H and O–H groups in total. The van der Waals surface area contributed by atoms with Gasteiger partial charge in [0.15, 0.2) is 0 Å². The molecule has 0 aromatic rings. The van der Waals surface area contributed by atoms with Gasteiger partial charge >= 0.3 is 6.03 Å². The molecule has 2 unspecified atom stereocenters. The fraction of sp³-hybridized carbons (Fsp3) is 0.917. The minimum Gasteiger partial charge on any atom is -0.391 e. The van der Waals surface area contributed by atoms with Gasteiger partial charge in [0, 0.05) is 26.2 Å². The van der Waals surface area contributed by atoms with Crippen LogP contribution in [0.4, 0.5) is 4.79 Å². The lowest BCUT2D eigenvalue weighted by Gasteiger charge is -2.38. The van der Waals surface area contributed by atoms with E-state index < -0.39 is 0 Å². The van der Waals surface area contributed by atoms with Crippen LogP contribution in [0.2, 0.25) is 0 Å². The molecule has 2 amide bonds. The van der Waals surface area contributed by atoms with Gasteiger partial charge < -0.3 is 14.9 Å². The summed E-state index contributed by atoms with van der Waals surface area (Å²) in [5, 5.41) is 9.57. The van der Waals surface area contributed by atoms with Crippen molar-refractivity contribution in [3.05, 3.63) is 0 Å². The molecule has 16 heavy (non-hydrogen) atoms. The lowest BCUT2D eigenvalue weighted by molar-refractivity contribution is 0.0653. The Morgan fingerprint density at radius 1 is 1.12 bits per heavy atom. The van der Waals surface area contributed by atoms with E-state index in [0.717, 1.165) is 38.9 Å². The van der Waals surface area contributed by atoms with E-state index in [1.165, 1.54) is 6.42 Å². The Hall–Kier alpha value is -0.770. The zero-order valence-electron chi connectivity index (χ0n) is 10.1. The summed E-state index contributed by atoms with van der Waals surface area (Å²) < 4.78 is 0. The van der Waals surface area contributed by atoms with E-state index in [-0.39, 0.29) is 12.1 Å². The van der Waals surface area contributed by atoms with E-state index in [0.29, 0.717) is 12.5 Å². The van der Waals surface area contributed by atoms with Crippen LogP contribution in [0.25, 0.3) is 0 Å². The second-order valence-electron chi connectivity index (χ2n) is 5.22. The number of aliphatic hydroxyl groups is 1. The number of amides is 2. The second kappa shape index (κ2) is 5.04. The zero-order valence-corrected chi connectivity index (χ0v) is 10.1. The summed E-state index contributed by atoms with van der Waals surface area (Å²) in [7, 11) is 0. The zero-order chi connectivity index (χ0) is 11.5. The summed E-state index contributed by atoms with van der Waals surface area (Å²) in [5.74, 6) is 0.618. The third kappa shape index (κ3) is 2.67. The van der Waals surface area contributed by atoms with Gasteiger partial charge in [-0.1, -0.05) is 6.92 Å². The van der Waals surface area contributed by atoms with E-state index in [2.05, 4.69) is 6.92 Å². The van der Waals surface area contributed by atoms with E-state index in [1.807, 2.05) is 9.80 Å². The van der Waals surface area contributed by atoms with Gasteiger partial charge in [0.05, 0.1) is 6.10 Å². The van der Waals surface area contributed by atoms with Crippen LogP contribution in [0.5, 0.6) is 0 Å². The molecule has 0 aliphatic carbocycles. The molecule has 0 bridgehead atoms. The Kier molecular flexibility index (Phi) is 3.69. The fourth-order valence-electron chi connectivity index (χ4n) is 2.69. The maximum absolute atomic E-state index is 12.2. The monoisotopic (exact) mass is 226 g/mol. The predicted molar refractivity (Wildman–Crippen MR) is 62.2 cm³/mol. The summed E-state index contributed by atoms with van der Waals surface area (Å²) in [5.41, 5.74) is 0. The first-order valence-electron chi connectivity index (χ1n) is 6.38. The van der Waals surface area contributed by atoms with E-state index >= 15 is 0 Å². The van der Waals surface area contributed by atoms with Crippen LogP contribution >= 0.6 is 0 Å². The first kappa shape index (κ1) is 11.7. The number of hydrogen-bond donors (Lipinski definition) is 1. The Morgan fingerprint density at radius 3 is 2.38 bits per heavy atom. The Labute approximate surface area is 97.2 Å². The van der Waals surface area contributed by atoms with Gasteiger partial charge in [-0.15, -0.1) is 0 Å². The molecule has 2 atom stereocenters. The van der Waals surface area contributed by atoms with Crippen molar-refractivity contribution in [1.82, 2.24) is 9.80 Å². The number of aliphatic hydroxyl groups excluding tert-OH is 1. The second-order valence-corrected chi connectivity index (χ2v) is 5.22. The molecule has 2 aliphatic heterocycles. The van der Waals surface area contributed by atoms with Gasteiger partial charge in [0.2, 0.25) is 0 Å². The van der Waals surface area contributed by atoms with Gasteiger partial charge in [-0.3, -0.25) is 0 Å². The quantitative estimate of drug-likeness (QED) is 0.676. The van der Waals surface area contributed by atoms with Crippen molar-refractivity contribution in [3.8, 4) is 0 Å². The number of urea groups is 1. The number of carbonyl (C=O) groups is 1. The lowest BCUT2D eigenvalue weighted by Crippen LogP contribution is -2.51. The minimum atomic E-state index is -0.320. The van der Waals surface area contributed by atoms with Gasteiger partial charge in [0.25, 0.3) is 0 Å². The van der Waals surface area contributed by atoms with Crippen molar-refractivity contribution in [2.45, 2.75) is 38.7 Å². The number of carbonyl (C=O) groups excluding carboxylic acids is 1. The van der Waals surface area contributed by atoms with E-state index in [4.69, 9.17) is 0 Å². The van der Waals surface area contributed by atoms with Crippen LogP contribution in [0.1, 0.15) is 32.6 Å². The molecule has 2 heterocycles. The molecule has 0 aromatic heterocycles. The van der Waals surface area contributed by atoms with Crippen molar-refractivity contribution in [1.29, 1.82) is 0 Å². The third-order valence-electron chi connectivity index (χ3n) is 3.59. The van der Waals surface area contributed by atoms with Crippen LogP contribution in [0.3, 0.4) is 0 Å². The van der Waals surface area contributed by atoms with Crippen molar-refractivity contribution in [3.63, 3.8) is 0 Å². The smallest absolute Gasteiger partial charge is 0.320 e. The third-order valence-corrected chi connectivity index (χ3v) is 3.59. The maximum atomic E-state index is 12.2.